The smallest absolute Gasteiger partial charge is 0.283 e. The molecule has 8 heteroatoms. The fourth-order valence-corrected chi connectivity index (χ4v) is 4.97. The maximum atomic E-state index is 13.6. The number of hydrogen-bond donors (Lipinski definition) is 1. The third-order valence-corrected chi connectivity index (χ3v) is 7.00. The third kappa shape index (κ3) is 4.22. The molecule has 0 radical (unpaired) electrons. The summed E-state index contributed by atoms with van der Waals surface area (Å²) in [4.78, 5) is 21.8. The molecule has 0 saturated carbocycles. The summed E-state index contributed by atoms with van der Waals surface area (Å²) in [5.41, 5.74) is 3.56. The Morgan fingerprint density at radius 3 is 2.58 bits per heavy atom. The van der Waals surface area contributed by atoms with Crippen molar-refractivity contribution in [2.45, 2.75) is 17.8 Å². The molecule has 33 heavy (non-hydrogen) atoms. The Labute approximate surface area is 204 Å². The van der Waals surface area contributed by atoms with Gasteiger partial charge in [-0.1, -0.05) is 59.2 Å². The van der Waals surface area contributed by atoms with Gasteiger partial charge in [0.2, 0.25) is 0 Å². The average Bonchev–Trinajstić information content (AvgIpc) is 3.20. The predicted molar refractivity (Wildman–Crippen MR) is 136 cm³/mol. The normalized spacial score (nSPS) is 11.4. The molecular weight excluding hydrogens is 477 g/mol. The minimum atomic E-state index is -0.156. The number of para-hydroxylation sites is 1. The van der Waals surface area contributed by atoms with Gasteiger partial charge >= 0.3 is 0 Å². The molecule has 0 atom stereocenters. The third-order valence-electron chi connectivity index (χ3n) is 5.25. The first-order chi connectivity index (χ1) is 16.0. The second kappa shape index (κ2) is 9.14. The molecule has 1 N–H and O–H groups in total. The first kappa shape index (κ1) is 21.9. The lowest BCUT2D eigenvalue weighted by Gasteiger charge is -2.13. The van der Waals surface area contributed by atoms with Gasteiger partial charge in [-0.15, -0.1) is 0 Å². The van der Waals surface area contributed by atoms with E-state index in [-0.39, 0.29) is 5.56 Å². The molecule has 0 aliphatic rings. The molecule has 0 aliphatic heterocycles. The highest BCUT2D eigenvalue weighted by molar-refractivity contribution is 7.98. The Balaban J connectivity index is 1.65. The zero-order valence-electron chi connectivity index (χ0n) is 17.6. The number of halogens is 2. The lowest BCUT2D eigenvalue weighted by molar-refractivity contribution is 0.340. The lowest BCUT2D eigenvalue weighted by atomic mass is 10.2. The molecule has 2 heterocycles. The number of nitrogens with one attached hydrogen (secondary N) is 1. The number of ether oxygens (including phenoxy) is 1. The minimum absolute atomic E-state index is 0.156. The van der Waals surface area contributed by atoms with Crippen LogP contribution >= 0.6 is 35.0 Å². The van der Waals surface area contributed by atoms with E-state index < -0.39 is 0 Å². The number of rotatable bonds is 6. The van der Waals surface area contributed by atoms with E-state index >= 15 is 0 Å². The van der Waals surface area contributed by atoms with Crippen molar-refractivity contribution < 1.29 is 4.74 Å². The summed E-state index contributed by atoms with van der Waals surface area (Å²) in [6.45, 7) is 2.51. The number of benzene rings is 3. The van der Waals surface area contributed by atoms with Crippen molar-refractivity contribution in [3.8, 4) is 11.4 Å². The van der Waals surface area contributed by atoms with Gasteiger partial charge in [0, 0.05) is 16.7 Å². The zero-order valence-corrected chi connectivity index (χ0v) is 20.0. The van der Waals surface area contributed by atoms with Crippen LogP contribution in [-0.2, 0) is 5.75 Å². The first-order valence-corrected chi connectivity index (χ1v) is 12.1. The maximum absolute atomic E-state index is 13.6. The van der Waals surface area contributed by atoms with Crippen LogP contribution in [0.15, 0.2) is 76.7 Å². The van der Waals surface area contributed by atoms with E-state index in [4.69, 9.17) is 32.9 Å². The Morgan fingerprint density at radius 2 is 1.82 bits per heavy atom. The van der Waals surface area contributed by atoms with E-state index in [2.05, 4.69) is 4.98 Å². The van der Waals surface area contributed by atoms with E-state index in [1.165, 1.54) is 11.8 Å². The Hall–Kier alpha value is -2.93. The largest absolute Gasteiger partial charge is 0.494 e. The molecule has 2 aromatic heterocycles. The van der Waals surface area contributed by atoms with Gasteiger partial charge in [-0.2, -0.15) is 0 Å². The fourth-order valence-electron chi connectivity index (χ4n) is 3.70. The second-order valence-electron chi connectivity index (χ2n) is 7.39. The van der Waals surface area contributed by atoms with Gasteiger partial charge in [-0.25, -0.2) is 4.98 Å². The first-order valence-electron chi connectivity index (χ1n) is 10.4. The summed E-state index contributed by atoms with van der Waals surface area (Å²) in [5, 5.41) is 2.51. The highest BCUT2D eigenvalue weighted by Crippen LogP contribution is 2.30. The van der Waals surface area contributed by atoms with Gasteiger partial charge in [0.25, 0.3) is 5.56 Å². The Morgan fingerprint density at radius 1 is 1.03 bits per heavy atom. The highest BCUT2D eigenvalue weighted by atomic mass is 35.5. The molecule has 0 bridgehead atoms. The van der Waals surface area contributed by atoms with Gasteiger partial charge < -0.3 is 9.72 Å². The van der Waals surface area contributed by atoms with Crippen molar-refractivity contribution in [3.63, 3.8) is 0 Å². The van der Waals surface area contributed by atoms with Gasteiger partial charge in [0.1, 0.15) is 16.8 Å². The van der Waals surface area contributed by atoms with Gasteiger partial charge in [-0.3, -0.25) is 9.36 Å². The molecule has 0 amide bonds. The summed E-state index contributed by atoms with van der Waals surface area (Å²) in [6.07, 6.45) is 0. The lowest BCUT2D eigenvalue weighted by Crippen LogP contribution is -2.21. The van der Waals surface area contributed by atoms with Crippen LogP contribution in [0.25, 0.3) is 27.6 Å². The number of aromatic amines is 1. The number of hydrogen-bond acceptors (Lipinski definition) is 4. The number of aromatic nitrogens is 3. The topological polar surface area (TPSA) is 59.9 Å². The molecule has 5 nitrogen and oxygen atoms in total. The number of thioether (sulfide) groups is 1. The average molecular weight is 496 g/mol. The Kier molecular flexibility index (Phi) is 6.06. The summed E-state index contributed by atoms with van der Waals surface area (Å²) in [5.74, 6) is 1.33. The molecule has 3 aromatic carbocycles. The van der Waals surface area contributed by atoms with E-state index in [0.29, 0.717) is 44.3 Å². The van der Waals surface area contributed by atoms with Crippen molar-refractivity contribution in [3.05, 3.63) is 92.7 Å². The van der Waals surface area contributed by atoms with Gasteiger partial charge in [-0.05, 0) is 55.0 Å². The van der Waals surface area contributed by atoms with Crippen LogP contribution in [0.4, 0.5) is 0 Å². The molecule has 5 rings (SSSR count). The standard InChI is InChI=1S/C25H19Cl2N3O2S/c1-2-32-17-10-8-16(9-11-17)30-24(31)23-22(18-5-3-4-6-21(18)28-23)29-25(30)33-14-15-7-12-19(26)20(27)13-15/h3-13,28H,2,14H2,1H3. The van der Waals surface area contributed by atoms with E-state index in [9.17, 15) is 4.79 Å². The van der Waals surface area contributed by atoms with Crippen LogP contribution in [-0.4, -0.2) is 21.1 Å². The number of H-pyrrole nitrogens is 1. The molecule has 166 valence electrons. The second-order valence-corrected chi connectivity index (χ2v) is 9.15. The summed E-state index contributed by atoms with van der Waals surface area (Å²) < 4.78 is 7.19. The van der Waals surface area contributed by atoms with Crippen LogP contribution in [0.1, 0.15) is 12.5 Å². The van der Waals surface area contributed by atoms with Crippen molar-refractivity contribution in [2.75, 3.05) is 6.61 Å². The number of fused-ring (bicyclic) bond motifs is 3. The van der Waals surface area contributed by atoms with E-state index in [0.717, 1.165) is 22.2 Å². The molecule has 0 aliphatic carbocycles. The SMILES string of the molecule is CCOc1ccc(-n2c(SCc3ccc(Cl)c(Cl)c3)nc3c([nH]c4ccccc43)c2=O)cc1. The summed E-state index contributed by atoms with van der Waals surface area (Å²) in [6, 6.07) is 20.8. The molecule has 5 aromatic rings. The van der Waals surface area contributed by atoms with E-state index in [1.54, 1.807) is 10.6 Å². The molecule has 0 spiro atoms. The van der Waals surface area contributed by atoms with Crippen LogP contribution in [0, 0.1) is 0 Å². The fraction of sp³-hybridized carbons (Fsp3) is 0.120. The minimum Gasteiger partial charge on any atom is -0.494 e. The van der Waals surface area contributed by atoms with E-state index in [1.807, 2.05) is 67.6 Å². The quantitative estimate of drug-likeness (QED) is 0.206. The highest BCUT2D eigenvalue weighted by Gasteiger charge is 2.17. The van der Waals surface area contributed by atoms with Crippen LogP contribution < -0.4 is 10.3 Å². The van der Waals surface area contributed by atoms with Crippen molar-refractivity contribution in [1.82, 2.24) is 14.5 Å². The Bertz CT molecular complexity index is 1530. The van der Waals surface area contributed by atoms with Crippen LogP contribution in [0.3, 0.4) is 0 Å². The van der Waals surface area contributed by atoms with Crippen molar-refractivity contribution >= 4 is 56.9 Å². The zero-order chi connectivity index (χ0) is 22.9. The molecule has 0 unspecified atom stereocenters. The monoisotopic (exact) mass is 495 g/mol. The molecule has 0 fully saturated rings. The summed E-state index contributed by atoms with van der Waals surface area (Å²) in [7, 11) is 0. The van der Waals surface area contributed by atoms with Gasteiger partial charge in [0.05, 0.1) is 22.3 Å². The van der Waals surface area contributed by atoms with Crippen LogP contribution in [0.2, 0.25) is 10.0 Å². The van der Waals surface area contributed by atoms with Crippen molar-refractivity contribution in [1.29, 1.82) is 0 Å². The summed E-state index contributed by atoms with van der Waals surface area (Å²) >= 11 is 13.7. The van der Waals surface area contributed by atoms with Gasteiger partial charge in [0.15, 0.2) is 5.16 Å². The molecule has 0 saturated heterocycles. The molecular formula is C25H19Cl2N3O2S. The predicted octanol–water partition coefficient (Wildman–Crippen LogP) is 6.86. The van der Waals surface area contributed by atoms with Crippen molar-refractivity contribution in [2.24, 2.45) is 0 Å². The number of nitrogens with zero attached hydrogens (tertiary/aromatic N) is 2. The van der Waals surface area contributed by atoms with Crippen LogP contribution in [0.5, 0.6) is 5.75 Å². The maximum Gasteiger partial charge on any atom is 0.283 e.